The highest BCUT2D eigenvalue weighted by Gasteiger charge is 2.12. The summed E-state index contributed by atoms with van der Waals surface area (Å²) in [6.45, 7) is 2.15. The number of rotatable bonds is 5. The van der Waals surface area contributed by atoms with Gasteiger partial charge in [0.25, 0.3) is 0 Å². The minimum Gasteiger partial charge on any atom is -0.0888 e. The molecule has 0 spiro atoms. The van der Waals surface area contributed by atoms with Crippen LogP contribution >= 0.6 is 23.2 Å². The maximum absolute atomic E-state index is 5.98. The lowest BCUT2D eigenvalue weighted by Gasteiger charge is -2.16. The van der Waals surface area contributed by atoms with Crippen LogP contribution in [0.3, 0.4) is 0 Å². The van der Waals surface area contributed by atoms with Gasteiger partial charge in [0.05, 0.1) is 0 Å². The summed E-state index contributed by atoms with van der Waals surface area (Å²) in [7, 11) is 0. The Bertz CT molecular complexity index is 507. The standard InChI is InChI=1S/C18H18Cl2/c1-2-3-4-5-18(14-6-10-16(19)11-7-14)15-8-12-17(20)13-9-15/h3-4,6-13,18H,2,5H2,1H3/b4-3+. The highest BCUT2D eigenvalue weighted by Crippen LogP contribution is 2.30. The fraction of sp³-hybridized carbons (Fsp3) is 0.222. The van der Waals surface area contributed by atoms with Crippen LogP contribution < -0.4 is 0 Å². The third kappa shape index (κ3) is 4.13. The van der Waals surface area contributed by atoms with Gasteiger partial charge in [0.15, 0.2) is 0 Å². The van der Waals surface area contributed by atoms with Gasteiger partial charge in [-0.3, -0.25) is 0 Å². The van der Waals surface area contributed by atoms with Crippen molar-refractivity contribution in [2.45, 2.75) is 25.7 Å². The maximum Gasteiger partial charge on any atom is 0.0406 e. The lowest BCUT2D eigenvalue weighted by Crippen LogP contribution is -1.99. The smallest absolute Gasteiger partial charge is 0.0406 e. The van der Waals surface area contributed by atoms with Crippen LogP contribution in [0.15, 0.2) is 60.7 Å². The molecule has 0 N–H and O–H groups in total. The minimum atomic E-state index is 0.340. The first-order valence-electron chi connectivity index (χ1n) is 6.86. The van der Waals surface area contributed by atoms with E-state index < -0.39 is 0 Å². The van der Waals surface area contributed by atoms with Crippen molar-refractivity contribution in [3.05, 3.63) is 81.9 Å². The van der Waals surface area contributed by atoms with Gasteiger partial charge in [-0.25, -0.2) is 0 Å². The first-order chi connectivity index (χ1) is 9.70. The van der Waals surface area contributed by atoms with E-state index in [1.807, 2.05) is 24.3 Å². The van der Waals surface area contributed by atoms with Gasteiger partial charge < -0.3 is 0 Å². The summed E-state index contributed by atoms with van der Waals surface area (Å²) in [5, 5.41) is 1.54. The summed E-state index contributed by atoms with van der Waals surface area (Å²) >= 11 is 12.0. The fourth-order valence-electron chi connectivity index (χ4n) is 2.25. The molecule has 0 bridgehead atoms. The molecule has 0 aliphatic carbocycles. The van der Waals surface area contributed by atoms with Crippen molar-refractivity contribution in [1.82, 2.24) is 0 Å². The van der Waals surface area contributed by atoms with Crippen LogP contribution in [0.1, 0.15) is 36.8 Å². The molecule has 0 atom stereocenters. The van der Waals surface area contributed by atoms with Crippen LogP contribution in [0, 0.1) is 0 Å². The van der Waals surface area contributed by atoms with E-state index in [0.717, 1.165) is 22.9 Å². The Morgan fingerprint density at radius 2 is 1.25 bits per heavy atom. The van der Waals surface area contributed by atoms with E-state index >= 15 is 0 Å². The van der Waals surface area contributed by atoms with Crippen LogP contribution in [-0.2, 0) is 0 Å². The van der Waals surface area contributed by atoms with Crippen molar-refractivity contribution in [2.75, 3.05) is 0 Å². The Labute approximate surface area is 131 Å². The molecule has 0 aliphatic rings. The Morgan fingerprint density at radius 1 is 0.800 bits per heavy atom. The Balaban J connectivity index is 2.30. The van der Waals surface area contributed by atoms with E-state index in [-0.39, 0.29) is 0 Å². The van der Waals surface area contributed by atoms with Gasteiger partial charge in [-0.2, -0.15) is 0 Å². The quantitative estimate of drug-likeness (QED) is 0.554. The summed E-state index contributed by atoms with van der Waals surface area (Å²) in [6, 6.07) is 16.2. The van der Waals surface area contributed by atoms with E-state index in [9.17, 15) is 0 Å². The highest BCUT2D eigenvalue weighted by molar-refractivity contribution is 6.30. The van der Waals surface area contributed by atoms with E-state index in [0.29, 0.717) is 5.92 Å². The van der Waals surface area contributed by atoms with Gasteiger partial charge >= 0.3 is 0 Å². The second kappa shape index (κ2) is 7.52. The summed E-state index contributed by atoms with van der Waals surface area (Å²) < 4.78 is 0. The molecule has 0 unspecified atom stereocenters. The minimum absolute atomic E-state index is 0.340. The summed E-state index contributed by atoms with van der Waals surface area (Å²) in [5.74, 6) is 0.340. The average Bonchev–Trinajstić information content (AvgIpc) is 2.46. The molecule has 2 aromatic rings. The summed E-state index contributed by atoms with van der Waals surface area (Å²) in [5.41, 5.74) is 2.55. The Hall–Kier alpha value is -1.24. The molecule has 0 fully saturated rings. The van der Waals surface area contributed by atoms with Crippen LogP contribution in [0.25, 0.3) is 0 Å². The lowest BCUT2D eigenvalue weighted by atomic mass is 9.88. The molecule has 2 aromatic carbocycles. The lowest BCUT2D eigenvalue weighted by molar-refractivity contribution is 0.827. The number of halogens is 2. The third-order valence-electron chi connectivity index (χ3n) is 3.32. The number of benzene rings is 2. The molecule has 0 saturated carbocycles. The molecule has 104 valence electrons. The molecule has 20 heavy (non-hydrogen) atoms. The molecule has 2 heteroatoms. The highest BCUT2D eigenvalue weighted by atomic mass is 35.5. The predicted molar refractivity (Wildman–Crippen MR) is 88.8 cm³/mol. The molecule has 0 nitrogen and oxygen atoms in total. The van der Waals surface area contributed by atoms with Gasteiger partial charge in [0, 0.05) is 16.0 Å². The number of hydrogen-bond acceptors (Lipinski definition) is 0. The van der Waals surface area contributed by atoms with E-state index in [1.165, 1.54) is 11.1 Å². The number of hydrogen-bond donors (Lipinski definition) is 0. The first kappa shape index (κ1) is 15.2. The number of allylic oxidation sites excluding steroid dienone is 2. The topological polar surface area (TPSA) is 0 Å². The van der Waals surface area contributed by atoms with Crippen LogP contribution in [0.5, 0.6) is 0 Å². The molecule has 0 saturated heterocycles. The predicted octanol–water partition coefficient (Wildman–Crippen LogP) is 6.48. The zero-order chi connectivity index (χ0) is 14.4. The third-order valence-corrected chi connectivity index (χ3v) is 3.82. The van der Waals surface area contributed by atoms with Crippen molar-refractivity contribution >= 4 is 23.2 Å². The van der Waals surface area contributed by atoms with Crippen molar-refractivity contribution in [2.24, 2.45) is 0 Å². The zero-order valence-corrected chi connectivity index (χ0v) is 13.0. The van der Waals surface area contributed by atoms with Gasteiger partial charge in [0.1, 0.15) is 0 Å². The molecule has 0 aromatic heterocycles. The van der Waals surface area contributed by atoms with Gasteiger partial charge in [0.2, 0.25) is 0 Å². The summed E-state index contributed by atoms with van der Waals surface area (Å²) in [6.07, 6.45) is 6.50. The molecule has 0 heterocycles. The van der Waals surface area contributed by atoms with Gasteiger partial charge in [-0.15, -0.1) is 0 Å². The van der Waals surface area contributed by atoms with E-state index in [4.69, 9.17) is 23.2 Å². The van der Waals surface area contributed by atoms with E-state index in [2.05, 4.69) is 43.3 Å². The second-order valence-electron chi connectivity index (χ2n) is 4.77. The normalized spacial score (nSPS) is 11.4. The SMILES string of the molecule is CC/C=C/CC(c1ccc(Cl)cc1)c1ccc(Cl)cc1. The average molecular weight is 305 g/mol. The first-order valence-corrected chi connectivity index (χ1v) is 7.62. The van der Waals surface area contributed by atoms with Crippen molar-refractivity contribution in [3.8, 4) is 0 Å². The van der Waals surface area contributed by atoms with Crippen molar-refractivity contribution < 1.29 is 0 Å². The fourth-order valence-corrected chi connectivity index (χ4v) is 2.51. The maximum atomic E-state index is 5.98. The zero-order valence-electron chi connectivity index (χ0n) is 11.5. The monoisotopic (exact) mass is 304 g/mol. The van der Waals surface area contributed by atoms with Crippen molar-refractivity contribution in [1.29, 1.82) is 0 Å². The molecular weight excluding hydrogens is 287 g/mol. The Morgan fingerprint density at radius 3 is 1.65 bits per heavy atom. The molecule has 0 radical (unpaired) electrons. The van der Waals surface area contributed by atoms with E-state index in [1.54, 1.807) is 0 Å². The molecule has 0 aliphatic heterocycles. The van der Waals surface area contributed by atoms with Crippen molar-refractivity contribution in [3.63, 3.8) is 0 Å². The van der Waals surface area contributed by atoms with Crippen LogP contribution in [0.2, 0.25) is 10.0 Å². The second-order valence-corrected chi connectivity index (χ2v) is 5.64. The largest absolute Gasteiger partial charge is 0.0888 e. The molecule has 0 amide bonds. The Kier molecular flexibility index (Phi) is 5.70. The van der Waals surface area contributed by atoms with Crippen LogP contribution in [-0.4, -0.2) is 0 Å². The van der Waals surface area contributed by atoms with Gasteiger partial charge in [-0.1, -0.05) is 66.5 Å². The molecule has 2 rings (SSSR count). The van der Waals surface area contributed by atoms with Crippen LogP contribution in [0.4, 0.5) is 0 Å². The molecular formula is C18H18Cl2. The summed E-state index contributed by atoms with van der Waals surface area (Å²) in [4.78, 5) is 0. The van der Waals surface area contributed by atoms with Gasteiger partial charge in [-0.05, 0) is 48.2 Å².